The average Bonchev–Trinajstić information content (AvgIpc) is 2.53. The first-order valence-corrected chi connectivity index (χ1v) is 8.68. The number of methoxy groups -OCH3 is 1. The van der Waals surface area contributed by atoms with Gasteiger partial charge < -0.3 is 15.4 Å². The molecule has 0 spiro atoms. The largest absolute Gasteiger partial charge is 0.496 e. The summed E-state index contributed by atoms with van der Waals surface area (Å²) in [6, 6.07) is 8.39. The standard InChI is InChI=1S/C19H30N2O2.ClH/c1-13(2)11-17(16-7-5-6-8-18(16)23-4)21-19(22)15-9-10-20-14(3)12-15;/h5-8,13-15,17,20H,9-12H2,1-4H3,(H,21,22);1H/t14-,15-,17?;/m0./s1. The fourth-order valence-electron chi connectivity index (χ4n) is 3.35. The number of hydrogen-bond donors (Lipinski definition) is 2. The molecule has 136 valence electrons. The first-order chi connectivity index (χ1) is 11.0. The third kappa shape index (κ3) is 5.67. The molecule has 0 saturated carbocycles. The molecule has 1 heterocycles. The summed E-state index contributed by atoms with van der Waals surface area (Å²) in [5.74, 6) is 1.62. The number of carbonyl (C=O) groups excluding carboxylic acids is 1. The van der Waals surface area contributed by atoms with Crippen LogP contribution >= 0.6 is 12.4 Å². The molecule has 0 aliphatic carbocycles. The van der Waals surface area contributed by atoms with Crippen LogP contribution in [0.1, 0.15) is 51.6 Å². The van der Waals surface area contributed by atoms with E-state index in [1.165, 1.54) is 0 Å². The molecule has 0 radical (unpaired) electrons. The fourth-order valence-corrected chi connectivity index (χ4v) is 3.35. The number of amides is 1. The van der Waals surface area contributed by atoms with Crippen LogP contribution in [-0.4, -0.2) is 25.6 Å². The fraction of sp³-hybridized carbons (Fsp3) is 0.632. The number of para-hydroxylation sites is 1. The lowest BCUT2D eigenvalue weighted by Gasteiger charge is -2.30. The van der Waals surface area contributed by atoms with Crippen molar-refractivity contribution in [1.29, 1.82) is 0 Å². The maximum absolute atomic E-state index is 12.7. The van der Waals surface area contributed by atoms with Crippen LogP contribution in [0.2, 0.25) is 0 Å². The van der Waals surface area contributed by atoms with Gasteiger partial charge in [-0.1, -0.05) is 32.0 Å². The van der Waals surface area contributed by atoms with Crippen LogP contribution in [0.3, 0.4) is 0 Å². The number of rotatable bonds is 6. The molecule has 1 unspecified atom stereocenters. The minimum Gasteiger partial charge on any atom is -0.496 e. The number of carbonyl (C=O) groups is 1. The topological polar surface area (TPSA) is 50.4 Å². The molecule has 24 heavy (non-hydrogen) atoms. The van der Waals surface area contributed by atoms with Gasteiger partial charge in [0.05, 0.1) is 13.2 Å². The van der Waals surface area contributed by atoms with Gasteiger partial charge in [0.2, 0.25) is 5.91 Å². The number of piperidine rings is 1. The summed E-state index contributed by atoms with van der Waals surface area (Å²) in [6.07, 6.45) is 2.73. The third-order valence-corrected chi connectivity index (χ3v) is 4.53. The van der Waals surface area contributed by atoms with Crippen molar-refractivity contribution in [3.8, 4) is 5.75 Å². The summed E-state index contributed by atoms with van der Waals surface area (Å²) in [6.45, 7) is 7.43. The van der Waals surface area contributed by atoms with Crippen LogP contribution in [0.25, 0.3) is 0 Å². The predicted octanol–water partition coefficient (Wildman–Crippen LogP) is 3.71. The van der Waals surface area contributed by atoms with Gasteiger partial charge in [-0.25, -0.2) is 0 Å². The van der Waals surface area contributed by atoms with E-state index in [0.717, 1.165) is 37.1 Å². The van der Waals surface area contributed by atoms with Gasteiger partial charge in [0.25, 0.3) is 0 Å². The SMILES string of the molecule is COc1ccccc1C(CC(C)C)NC(=O)[C@H]1CCN[C@@H](C)C1.Cl. The van der Waals surface area contributed by atoms with Crippen LogP contribution in [0.4, 0.5) is 0 Å². The lowest BCUT2D eigenvalue weighted by Crippen LogP contribution is -2.43. The van der Waals surface area contributed by atoms with Gasteiger partial charge in [-0.05, 0) is 44.7 Å². The van der Waals surface area contributed by atoms with Gasteiger partial charge in [0.1, 0.15) is 5.75 Å². The van der Waals surface area contributed by atoms with Crippen molar-refractivity contribution < 1.29 is 9.53 Å². The second-order valence-corrected chi connectivity index (χ2v) is 7.01. The molecule has 1 aromatic rings. The van der Waals surface area contributed by atoms with Crippen molar-refractivity contribution in [3.63, 3.8) is 0 Å². The minimum absolute atomic E-state index is 0. The summed E-state index contributed by atoms with van der Waals surface area (Å²) >= 11 is 0. The molecule has 2 N–H and O–H groups in total. The second kappa shape index (κ2) is 9.90. The highest BCUT2D eigenvalue weighted by Crippen LogP contribution is 2.30. The Morgan fingerprint density at radius 3 is 2.71 bits per heavy atom. The summed E-state index contributed by atoms with van der Waals surface area (Å²) in [7, 11) is 1.68. The molecular formula is C19H31ClN2O2. The van der Waals surface area contributed by atoms with E-state index in [2.05, 4.69) is 37.5 Å². The second-order valence-electron chi connectivity index (χ2n) is 7.01. The molecule has 3 atom stereocenters. The Balaban J connectivity index is 0.00000288. The van der Waals surface area contributed by atoms with Crippen molar-refractivity contribution in [3.05, 3.63) is 29.8 Å². The van der Waals surface area contributed by atoms with Crippen molar-refractivity contribution >= 4 is 18.3 Å². The summed E-state index contributed by atoms with van der Waals surface area (Å²) in [5, 5.41) is 6.69. The monoisotopic (exact) mass is 354 g/mol. The Hall–Kier alpha value is -1.26. The number of benzene rings is 1. The zero-order valence-corrected chi connectivity index (χ0v) is 16.0. The van der Waals surface area contributed by atoms with Gasteiger partial charge in [0, 0.05) is 17.5 Å². The molecule has 1 amide bonds. The van der Waals surface area contributed by atoms with Crippen LogP contribution in [0, 0.1) is 11.8 Å². The molecular weight excluding hydrogens is 324 g/mol. The van der Waals surface area contributed by atoms with Crippen LogP contribution < -0.4 is 15.4 Å². The quantitative estimate of drug-likeness (QED) is 0.818. The van der Waals surface area contributed by atoms with Gasteiger partial charge in [-0.2, -0.15) is 0 Å². The maximum atomic E-state index is 12.7. The summed E-state index contributed by atoms with van der Waals surface area (Å²) in [4.78, 5) is 12.7. The van der Waals surface area contributed by atoms with Crippen molar-refractivity contribution in [2.24, 2.45) is 11.8 Å². The Kier molecular flexibility index (Phi) is 8.57. The number of halogens is 1. The van der Waals surface area contributed by atoms with Gasteiger partial charge in [-0.15, -0.1) is 12.4 Å². The molecule has 1 fully saturated rings. The smallest absolute Gasteiger partial charge is 0.223 e. The summed E-state index contributed by atoms with van der Waals surface area (Å²) < 4.78 is 5.49. The first kappa shape index (κ1) is 20.8. The Labute approximate surface area is 152 Å². The lowest BCUT2D eigenvalue weighted by molar-refractivity contribution is -0.127. The Bertz CT molecular complexity index is 522. The van der Waals surface area contributed by atoms with E-state index in [1.807, 2.05) is 18.2 Å². The number of hydrogen-bond acceptors (Lipinski definition) is 3. The third-order valence-electron chi connectivity index (χ3n) is 4.53. The van der Waals surface area contributed by atoms with Crippen molar-refractivity contribution in [2.75, 3.05) is 13.7 Å². The van der Waals surface area contributed by atoms with Crippen LogP contribution in [0.5, 0.6) is 5.75 Å². The molecule has 1 saturated heterocycles. The molecule has 4 nitrogen and oxygen atoms in total. The molecule has 1 aromatic carbocycles. The minimum atomic E-state index is 0. The molecule has 1 aliphatic rings. The van der Waals surface area contributed by atoms with E-state index >= 15 is 0 Å². The highest BCUT2D eigenvalue weighted by atomic mass is 35.5. The Morgan fingerprint density at radius 2 is 2.08 bits per heavy atom. The highest BCUT2D eigenvalue weighted by Gasteiger charge is 2.27. The molecule has 5 heteroatoms. The summed E-state index contributed by atoms with van der Waals surface area (Å²) in [5.41, 5.74) is 1.07. The maximum Gasteiger partial charge on any atom is 0.223 e. The number of nitrogens with one attached hydrogen (secondary N) is 2. The van der Waals surface area contributed by atoms with Crippen molar-refractivity contribution in [2.45, 2.75) is 52.1 Å². The van der Waals surface area contributed by atoms with Gasteiger partial charge in [0.15, 0.2) is 0 Å². The normalized spacial score (nSPS) is 21.7. The first-order valence-electron chi connectivity index (χ1n) is 8.68. The van der Waals surface area contributed by atoms with E-state index in [-0.39, 0.29) is 30.3 Å². The van der Waals surface area contributed by atoms with Gasteiger partial charge >= 0.3 is 0 Å². The highest BCUT2D eigenvalue weighted by molar-refractivity contribution is 5.85. The zero-order valence-electron chi connectivity index (χ0n) is 15.2. The lowest BCUT2D eigenvalue weighted by atomic mass is 9.90. The van der Waals surface area contributed by atoms with E-state index in [9.17, 15) is 4.79 Å². The van der Waals surface area contributed by atoms with Gasteiger partial charge in [-0.3, -0.25) is 4.79 Å². The van der Waals surface area contributed by atoms with E-state index < -0.39 is 0 Å². The average molecular weight is 355 g/mol. The van der Waals surface area contributed by atoms with Crippen molar-refractivity contribution in [1.82, 2.24) is 10.6 Å². The van der Waals surface area contributed by atoms with Crippen LogP contribution in [0.15, 0.2) is 24.3 Å². The molecule has 0 aromatic heterocycles. The van der Waals surface area contributed by atoms with Crippen LogP contribution in [-0.2, 0) is 4.79 Å². The van der Waals surface area contributed by atoms with E-state index in [4.69, 9.17) is 4.74 Å². The molecule has 1 aliphatic heterocycles. The number of ether oxygens (including phenoxy) is 1. The molecule has 2 rings (SSSR count). The Morgan fingerprint density at radius 1 is 1.38 bits per heavy atom. The predicted molar refractivity (Wildman–Crippen MR) is 101 cm³/mol. The van der Waals surface area contributed by atoms with E-state index in [1.54, 1.807) is 7.11 Å². The zero-order chi connectivity index (χ0) is 16.8. The molecule has 0 bridgehead atoms. The van der Waals surface area contributed by atoms with E-state index in [0.29, 0.717) is 12.0 Å².